The summed E-state index contributed by atoms with van der Waals surface area (Å²) in [4.78, 5) is 14.8. The number of fused-ring (bicyclic) bond motifs is 1. The Kier molecular flexibility index (Phi) is 2.38. The Morgan fingerprint density at radius 1 is 1.44 bits per heavy atom. The monoisotopic (exact) mass is 239 g/mol. The average molecular weight is 239 g/mol. The summed E-state index contributed by atoms with van der Waals surface area (Å²) < 4.78 is 0. The Labute approximate surface area is 97.0 Å². The summed E-state index contributed by atoms with van der Waals surface area (Å²) in [6.45, 7) is 0. The van der Waals surface area contributed by atoms with E-state index in [1.165, 1.54) is 31.0 Å². The van der Waals surface area contributed by atoms with E-state index < -0.39 is 5.97 Å². The van der Waals surface area contributed by atoms with E-state index in [1.807, 2.05) is 0 Å². The highest BCUT2D eigenvalue weighted by atomic mass is 32.2. The molecular formula is C10H13N3O2S. The number of hydrogen-bond acceptors (Lipinski definition) is 4. The number of nitrogens with one attached hydrogen (secondary N) is 1. The van der Waals surface area contributed by atoms with Crippen LogP contribution >= 0.6 is 11.8 Å². The fourth-order valence-electron chi connectivity index (χ4n) is 2.57. The highest BCUT2D eigenvalue weighted by molar-refractivity contribution is 7.99. The fraction of sp³-hybridized carbons (Fsp3) is 0.700. The second-order valence-electron chi connectivity index (χ2n) is 4.61. The van der Waals surface area contributed by atoms with E-state index in [0.29, 0.717) is 11.1 Å². The van der Waals surface area contributed by atoms with Crippen LogP contribution in [0.2, 0.25) is 0 Å². The Hall–Kier alpha value is -1.04. The number of carbonyl (C=O) groups is 1. The van der Waals surface area contributed by atoms with E-state index in [0.717, 1.165) is 17.7 Å². The van der Waals surface area contributed by atoms with Crippen molar-refractivity contribution < 1.29 is 9.90 Å². The first-order valence-electron chi connectivity index (χ1n) is 5.49. The van der Waals surface area contributed by atoms with E-state index >= 15 is 0 Å². The normalized spacial score (nSPS) is 31.4. The molecular weight excluding hydrogens is 226 g/mol. The van der Waals surface area contributed by atoms with Gasteiger partial charge in [0.2, 0.25) is 5.16 Å². The summed E-state index contributed by atoms with van der Waals surface area (Å²) in [7, 11) is 0. The molecule has 2 aliphatic rings. The molecule has 0 amide bonds. The van der Waals surface area contributed by atoms with Crippen LogP contribution in [0.25, 0.3) is 0 Å². The first-order chi connectivity index (χ1) is 7.72. The molecule has 1 aromatic heterocycles. The predicted octanol–water partition coefficient (Wildman–Crippen LogP) is 1.49. The molecule has 0 bridgehead atoms. The van der Waals surface area contributed by atoms with Crippen molar-refractivity contribution >= 4 is 17.7 Å². The SMILES string of the molecule is O=C(O)CSc1n[nH]c(C2CC3CC3C2)n1. The summed E-state index contributed by atoms with van der Waals surface area (Å²) in [6, 6.07) is 0. The molecule has 5 nitrogen and oxygen atoms in total. The van der Waals surface area contributed by atoms with Gasteiger partial charge in [0.15, 0.2) is 0 Å². The smallest absolute Gasteiger partial charge is 0.313 e. The lowest BCUT2D eigenvalue weighted by molar-refractivity contribution is -0.133. The predicted molar refractivity (Wildman–Crippen MR) is 58.3 cm³/mol. The van der Waals surface area contributed by atoms with E-state index in [-0.39, 0.29) is 5.75 Å². The van der Waals surface area contributed by atoms with Crippen LogP contribution < -0.4 is 0 Å². The van der Waals surface area contributed by atoms with Crippen molar-refractivity contribution in [2.24, 2.45) is 11.8 Å². The van der Waals surface area contributed by atoms with Gasteiger partial charge in [-0.25, -0.2) is 4.98 Å². The third-order valence-electron chi connectivity index (χ3n) is 3.44. The van der Waals surface area contributed by atoms with Crippen LogP contribution in [0.5, 0.6) is 0 Å². The molecule has 2 atom stereocenters. The zero-order valence-corrected chi connectivity index (χ0v) is 9.54. The first kappa shape index (κ1) is 10.1. The van der Waals surface area contributed by atoms with Gasteiger partial charge in [0.1, 0.15) is 5.82 Å². The number of carboxylic acid groups (broad SMARTS) is 1. The number of carboxylic acids is 1. The largest absolute Gasteiger partial charge is 0.481 e. The Morgan fingerprint density at radius 2 is 2.19 bits per heavy atom. The molecule has 0 radical (unpaired) electrons. The van der Waals surface area contributed by atoms with E-state index in [9.17, 15) is 4.79 Å². The summed E-state index contributed by atoms with van der Waals surface area (Å²) in [5.74, 6) is 2.50. The maximum absolute atomic E-state index is 10.4. The second kappa shape index (κ2) is 3.76. The van der Waals surface area contributed by atoms with Crippen molar-refractivity contribution in [3.8, 4) is 0 Å². The third kappa shape index (κ3) is 1.93. The van der Waals surface area contributed by atoms with Gasteiger partial charge >= 0.3 is 5.97 Å². The van der Waals surface area contributed by atoms with Gasteiger partial charge in [0.05, 0.1) is 5.75 Å². The van der Waals surface area contributed by atoms with Gasteiger partial charge in [-0.2, -0.15) is 0 Å². The number of thioether (sulfide) groups is 1. The molecule has 0 saturated heterocycles. The zero-order valence-electron chi connectivity index (χ0n) is 8.72. The summed E-state index contributed by atoms with van der Waals surface area (Å²) in [6.07, 6.45) is 3.84. The first-order valence-corrected chi connectivity index (χ1v) is 6.48. The number of nitrogens with zero attached hydrogens (tertiary/aromatic N) is 2. The number of rotatable bonds is 4. The van der Waals surface area contributed by atoms with Crippen LogP contribution in [0, 0.1) is 11.8 Å². The molecule has 3 rings (SSSR count). The van der Waals surface area contributed by atoms with Gasteiger partial charge in [-0.3, -0.25) is 9.89 Å². The standard InChI is InChI=1S/C10H13N3O2S/c14-8(15)4-16-10-11-9(12-13-10)7-2-5-1-6(5)3-7/h5-7H,1-4H2,(H,14,15)(H,11,12,13). The molecule has 6 heteroatoms. The van der Waals surface area contributed by atoms with E-state index in [4.69, 9.17) is 5.11 Å². The molecule has 2 aliphatic carbocycles. The third-order valence-corrected chi connectivity index (χ3v) is 4.27. The van der Waals surface area contributed by atoms with Crippen molar-refractivity contribution in [2.45, 2.75) is 30.3 Å². The van der Waals surface area contributed by atoms with Crippen molar-refractivity contribution in [2.75, 3.05) is 5.75 Å². The molecule has 2 saturated carbocycles. The minimum Gasteiger partial charge on any atom is -0.481 e. The van der Waals surface area contributed by atoms with Crippen LogP contribution in [0.3, 0.4) is 0 Å². The number of H-pyrrole nitrogens is 1. The Balaban J connectivity index is 1.61. The summed E-state index contributed by atoms with van der Waals surface area (Å²) in [5.41, 5.74) is 0. The van der Waals surface area contributed by atoms with E-state index in [1.54, 1.807) is 0 Å². The van der Waals surface area contributed by atoms with Crippen molar-refractivity contribution in [1.29, 1.82) is 0 Å². The van der Waals surface area contributed by atoms with Crippen molar-refractivity contribution in [3.05, 3.63) is 5.82 Å². The summed E-state index contributed by atoms with van der Waals surface area (Å²) >= 11 is 1.17. The second-order valence-corrected chi connectivity index (χ2v) is 5.55. The molecule has 16 heavy (non-hydrogen) atoms. The lowest BCUT2D eigenvalue weighted by Gasteiger charge is -2.05. The van der Waals surface area contributed by atoms with Gasteiger partial charge in [-0.1, -0.05) is 11.8 Å². The van der Waals surface area contributed by atoms with Gasteiger partial charge in [0, 0.05) is 5.92 Å². The molecule has 2 unspecified atom stereocenters. The Morgan fingerprint density at radius 3 is 2.88 bits per heavy atom. The van der Waals surface area contributed by atoms with Gasteiger partial charge in [0.25, 0.3) is 0 Å². The Bertz CT molecular complexity index is 410. The number of aromatic amines is 1. The average Bonchev–Trinajstić information content (AvgIpc) is 2.71. The van der Waals surface area contributed by atoms with Crippen LogP contribution in [0.15, 0.2) is 5.16 Å². The van der Waals surface area contributed by atoms with Crippen LogP contribution in [0.4, 0.5) is 0 Å². The minimum absolute atomic E-state index is 0.0210. The van der Waals surface area contributed by atoms with Crippen LogP contribution in [-0.2, 0) is 4.79 Å². The molecule has 1 heterocycles. The maximum atomic E-state index is 10.4. The molecule has 2 N–H and O–H groups in total. The molecule has 86 valence electrons. The minimum atomic E-state index is -0.835. The lowest BCUT2D eigenvalue weighted by atomic mass is 10.0. The van der Waals surface area contributed by atoms with Gasteiger partial charge in [-0.05, 0) is 31.1 Å². The molecule has 1 aromatic rings. The zero-order chi connectivity index (χ0) is 11.1. The summed E-state index contributed by atoms with van der Waals surface area (Å²) in [5, 5.41) is 16.1. The van der Waals surface area contributed by atoms with Crippen molar-refractivity contribution in [1.82, 2.24) is 15.2 Å². The maximum Gasteiger partial charge on any atom is 0.313 e. The van der Waals surface area contributed by atoms with Gasteiger partial charge < -0.3 is 5.11 Å². The fourth-order valence-corrected chi connectivity index (χ4v) is 3.10. The highest BCUT2D eigenvalue weighted by Crippen LogP contribution is 2.56. The van der Waals surface area contributed by atoms with Crippen molar-refractivity contribution in [3.63, 3.8) is 0 Å². The molecule has 0 spiro atoms. The van der Waals surface area contributed by atoms with E-state index in [2.05, 4.69) is 15.2 Å². The van der Waals surface area contributed by atoms with Crippen LogP contribution in [0.1, 0.15) is 31.0 Å². The molecule has 2 fully saturated rings. The highest BCUT2D eigenvalue weighted by Gasteiger charge is 2.47. The molecule has 0 aromatic carbocycles. The lowest BCUT2D eigenvalue weighted by Crippen LogP contribution is -1.99. The number of hydrogen-bond donors (Lipinski definition) is 2. The number of aliphatic carboxylic acids is 1. The van der Waals surface area contributed by atoms with Crippen LogP contribution in [-0.4, -0.2) is 32.0 Å². The topological polar surface area (TPSA) is 78.9 Å². The molecule has 0 aliphatic heterocycles. The number of aromatic nitrogens is 3. The van der Waals surface area contributed by atoms with Gasteiger partial charge in [-0.15, -0.1) is 5.10 Å². The quantitative estimate of drug-likeness (QED) is 0.778.